The summed E-state index contributed by atoms with van der Waals surface area (Å²) in [6.45, 7) is 1.84. The molecule has 0 heterocycles. The van der Waals surface area contributed by atoms with Gasteiger partial charge < -0.3 is 5.11 Å². The smallest absolute Gasteiger partial charge is 0.314 e. The highest BCUT2D eigenvalue weighted by Gasteiger charge is 2.38. The minimum absolute atomic E-state index is 0.249. The van der Waals surface area contributed by atoms with Crippen LogP contribution in [-0.2, 0) is 16.6 Å². The first-order chi connectivity index (χ1) is 9.98. The van der Waals surface area contributed by atoms with Crippen LogP contribution in [0.3, 0.4) is 0 Å². The predicted octanol–water partition coefficient (Wildman–Crippen LogP) is 4.56. The highest BCUT2D eigenvalue weighted by molar-refractivity contribution is 9.10. The van der Waals surface area contributed by atoms with Crippen LogP contribution in [0.2, 0.25) is 0 Å². The molecule has 2 aromatic rings. The molecule has 1 unspecified atom stereocenters. The number of aliphatic carboxylic acids is 1. The third-order valence-corrected chi connectivity index (χ3v) is 4.23. The Hall–Kier alpha value is -1.68. The molecule has 0 amide bonds. The second-order valence-electron chi connectivity index (χ2n) is 5.06. The van der Waals surface area contributed by atoms with Crippen LogP contribution in [0.5, 0.6) is 0 Å². The normalized spacial score (nSPS) is 13.7. The van der Waals surface area contributed by atoms with E-state index in [2.05, 4.69) is 15.9 Å². The van der Waals surface area contributed by atoms with Gasteiger partial charge in [-0.05, 0) is 42.2 Å². The Morgan fingerprint density at radius 3 is 2.43 bits per heavy atom. The number of benzene rings is 2. The summed E-state index contributed by atoms with van der Waals surface area (Å²) in [6.07, 6.45) is 0.680. The SMILES string of the molecule is CCC(Cc1cc(F)cc(Br)c1)(C(=O)O)c1ccccc1. The maximum absolute atomic E-state index is 13.5. The fraction of sp³-hybridized carbons (Fsp3) is 0.235. The maximum atomic E-state index is 13.5. The van der Waals surface area contributed by atoms with E-state index in [1.807, 2.05) is 37.3 Å². The van der Waals surface area contributed by atoms with Gasteiger partial charge in [0.15, 0.2) is 0 Å². The van der Waals surface area contributed by atoms with Gasteiger partial charge in [0.1, 0.15) is 5.82 Å². The van der Waals surface area contributed by atoms with Crippen molar-refractivity contribution in [2.45, 2.75) is 25.2 Å². The minimum atomic E-state index is -1.05. The molecule has 1 N–H and O–H groups in total. The van der Waals surface area contributed by atoms with E-state index in [4.69, 9.17) is 0 Å². The molecule has 0 aliphatic heterocycles. The van der Waals surface area contributed by atoms with Crippen LogP contribution < -0.4 is 0 Å². The van der Waals surface area contributed by atoms with Crippen molar-refractivity contribution in [1.29, 1.82) is 0 Å². The van der Waals surface area contributed by atoms with Gasteiger partial charge in [-0.3, -0.25) is 4.79 Å². The number of hydrogen-bond donors (Lipinski definition) is 1. The summed E-state index contributed by atoms with van der Waals surface area (Å²) < 4.78 is 14.1. The van der Waals surface area contributed by atoms with Gasteiger partial charge in [-0.1, -0.05) is 53.2 Å². The molecule has 0 spiro atoms. The van der Waals surface area contributed by atoms with E-state index in [-0.39, 0.29) is 12.2 Å². The first-order valence-corrected chi connectivity index (χ1v) is 7.51. The minimum Gasteiger partial charge on any atom is -0.481 e. The second kappa shape index (κ2) is 6.39. The molecule has 2 nitrogen and oxygen atoms in total. The van der Waals surface area contributed by atoms with E-state index in [0.717, 1.165) is 5.56 Å². The van der Waals surface area contributed by atoms with Crippen LogP contribution in [0.4, 0.5) is 4.39 Å². The second-order valence-corrected chi connectivity index (χ2v) is 5.98. The Morgan fingerprint density at radius 2 is 1.90 bits per heavy atom. The molecule has 0 aliphatic carbocycles. The molecule has 21 heavy (non-hydrogen) atoms. The number of carboxylic acids is 1. The molecule has 0 saturated carbocycles. The first kappa shape index (κ1) is 15.7. The third kappa shape index (κ3) is 3.32. The lowest BCUT2D eigenvalue weighted by molar-refractivity contribution is -0.144. The highest BCUT2D eigenvalue weighted by Crippen LogP contribution is 2.33. The molecule has 0 aliphatic rings. The lowest BCUT2D eigenvalue weighted by Crippen LogP contribution is -2.37. The fourth-order valence-corrected chi connectivity index (χ4v) is 3.11. The van der Waals surface area contributed by atoms with Gasteiger partial charge in [-0.25, -0.2) is 4.39 Å². The van der Waals surface area contributed by atoms with E-state index in [9.17, 15) is 14.3 Å². The summed E-state index contributed by atoms with van der Waals surface area (Å²) in [5.74, 6) is -1.26. The monoisotopic (exact) mass is 350 g/mol. The molecule has 0 fully saturated rings. The summed E-state index contributed by atoms with van der Waals surface area (Å²) in [4.78, 5) is 11.9. The van der Waals surface area contributed by atoms with Crippen molar-refractivity contribution in [3.63, 3.8) is 0 Å². The van der Waals surface area contributed by atoms with Crippen molar-refractivity contribution in [3.8, 4) is 0 Å². The summed E-state index contributed by atoms with van der Waals surface area (Å²) in [6, 6.07) is 13.6. The Kier molecular flexibility index (Phi) is 4.78. The maximum Gasteiger partial charge on any atom is 0.314 e. The molecular weight excluding hydrogens is 335 g/mol. The predicted molar refractivity (Wildman–Crippen MR) is 83.9 cm³/mol. The van der Waals surface area contributed by atoms with Crippen LogP contribution in [0.25, 0.3) is 0 Å². The quantitative estimate of drug-likeness (QED) is 0.857. The van der Waals surface area contributed by atoms with Crippen molar-refractivity contribution in [2.24, 2.45) is 0 Å². The van der Waals surface area contributed by atoms with E-state index in [1.165, 1.54) is 12.1 Å². The van der Waals surface area contributed by atoms with E-state index in [0.29, 0.717) is 16.5 Å². The van der Waals surface area contributed by atoms with Gasteiger partial charge in [0.2, 0.25) is 0 Å². The number of carbonyl (C=O) groups is 1. The number of carboxylic acid groups (broad SMARTS) is 1. The molecule has 2 rings (SSSR count). The zero-order valence-electron chi connectivity index (χ0n) is 11.6. The van der Waals surface area contributed by atoms with Gasteiger partial charge in [-0.2, -0.15) is 0 Å². The number of rotatable bonds is 5. The molecule has 0 bridgehead atoms. The molecule has 0 aromatic heterocycles. The standard InChI is InChI=1S/C17H16BrFO2/c1-2-17(16(20)21,13-6-4-3-5-7-13)11-12-8-14(18)10-15(19)9-12/h3-10H,2,11H2,1H3,(H,20,21). The molecule has 0 radical (unpaired) electrons. The van der Waals surface area contributed by atoms with Crippen LogP contribution in [0.1, 0.15) is 24.5 Å². The summed E-state index contributed by atoms with van der Waals surface area (Å²) >= 11 is 3.25. The average Bonchev–Trinajstić information content (AvgIpc) is 2.44. The van der Waals surface area contributed by atoms with Crippen molar-refractivity contribution in [1.82, 2.24) is 0 Å². The number of hydrogen-bond acceptors (Lipinski definition) is 1. The Bertz CT molecular complexity index is 622. The zero-order valence-corrected chi connectivity index (χ0v) is 13.2. The van der Waals surface area contributed by atoms with E-state index in [1.54, 1.807) is 6.07 Å². The summed E-state index contributed by atoms with van der Waals surface area (Å²) in [5, 5.41) is 9.77. The van der Waals surface area contributed by atoms with E-state index >= 15 is 0 Å². The topological polar surface area (TPSA) is 37.3 Å². The Labute approximate surface area is 131 Å². The fourth-order valence-electron chi connectivity index (χ4n) is 2.60. The van der Waals surface area contributed by atoms with E-state index < -0.39 is 11.4 Å². The average molecular weight is 351 g/mol. The van der Waals surface area contributed by atoms with Gasteiger partial charge in [0, 0.05) is 4.47 Å². The molecule has 4 heteroatoms. The Balaban J connectivity index is 2.49. The third-order valence-electron chi connectivity index (χ3n) is 3.77. The lowest BCUT2D eigenvalue weighted by atomic mass is 9.73. The lowest BCUT2D eigenvalue weighted by Gasteiger charge is -2.29. The van der Waals surface area contributed by atoms with Crippen LogP contribution in [0.15, 0.2) is 53.0 Å². The molecule has 1 atom stereocenters. The van der Waals surface area contributed by atoms with Crippen molar-refractivity contribution >= 4 is 21.9 Å². The largest absolute Gasteiger partial charge is 0.481 e. The van der Waals surface area contributed by atoms with Gasteiger partial charge in [-0.15, -0.1) is 0 Å². The number of halogens is 2. The Morgan fingerprint density at radius 1 is 1.24 bits per heavy atom. The molecular formula is C17H16BrFO2. The molecule has 2 aromatic carbocycles. The summed E-state index contributed by atoms with van der Waals surface area (Å²) in [7, 11) is 0. The highest BCUT2D eigenvalue weighted by atomic mass is 79.9. The van der Waals surface area contributed by atoms with Crippen LogP contribution >= 0.6 is 15.9 Å². The summed E-state index contributed by atoms with van der Waals surface area (Å²) in [5.41, 5.74) is 0.351. The van der Waals surface area contributed by atoms with Crippen molar-refractivity contribution in [2.75, 3.05) is 0 Å². The molecule has 110 valence electrons. The van der Waals surface area contributed by atoms with Crippen LogP contribution in [-0.4, -0.2) is 11.1 Å². The zero-order chi connectivity index (χ0) is 15.5. The van der Waals surface area contributed by atoms with Gasteiger partial charge in [0.25, 0.3) is 0 Å². The van der Waals surface area contributed by atoms with Crippen molar-refractivity contribution < 1.29 is 14.3 Å². The molecule has 0 saturated heterocycles. The van der Waals surface area contributed by atoms with Gasteiger partial charge >= 0.3 is 5.97 Å². The first-order valence-electron chi connectivity index (χ1n) is 6.72. The van der Waals surface area contributed by atoms with Crippen molar-refractivity contribution in [3.05, 3.63) is 69.9 Å². The van der Waals surface area contributed by atoms with Crippen LogP contribution in [0, 0.1) is 5.82 Å². The van der Waals surface area contributed by atoms with Gasteiger partial charge in [0.05, 0.1) is 5.41 Å².